The van der Waals surface area contributed by atoms with Crippen molar-refractivity contribution in [2.45, 2.75) is 25.0 Å². The lowest BCUT2D eigenvalue weighted by Crippen LogP contribution is -2.42. The number of phenols is 1. The molecule has 2 N–H and O–H groups in total. The SMILES string of the molecule is Oc1c(F)cccc1CN1CC[C@@H](c2ccc3ccccc3c2)[C@H](O)C1. The van der Waals surface area contributed by atoms with Crippen LogP contribution < -0.4 is 0 Å². The number of benzene rings is 3. The van der Waals surface area contributed by atoms with E-state index in [9.17, 15) is 14.6 Å². The highest BCUT2D eigenvalue weighted by Gasteiger charge is 2.29. The molecule has 0 saturated carbocycles. The van der Waals surface area contributed by atoms with Crippen LogP contribution >= 0.6 is 0 Å². The third kappa shape index (κ3) is 3.30. The van der Waals surface area contributed by atoms with Gasteiger partial charge in [0.25, 0.3) is 0 Å². The van der Waals surface area contributed by atoms with Gasteiger partial charge in [0.05, 0.1) is 6.10 Å². The average Bonchev–Trinajstić information content (AvgIpc) is 2.65. The second-order valence-corrected chi connectivity index (χ2v) is 7.05. The summed E-state index contributed by atoms with van der Waals surface area (Å²) in [7, 11) is 0. The van der Waals surface area contributed by atoms with E-state index < -0.39 is 11.9 Å². The zero-order valence-corrected chi connectivity index (χ0v) is 14.5. The standard InChI is InChI=1S/C22H22FNO2/c23-20-7-3-6-18(22(20)26)13-24-11-10-19(21(25)14-24)17-9-8-15-4-1-2-5-16(15)12-17/h1-9,12,19,21,25-26H,10-11,13-14H2/t19-,21+/m0/s1. The number of rotatable bonds is 3. The molecule has 1 fully saturated rings. The lowest BCUT2D eigenvalue weighted by atomic mass is 9.86. The minimum Gasteiger partial charge on any atom is -0.505 e. The highest BCUT2D eigenvalue weighted by atomic mass is 19.1. The van der Waals surface area contributed by atoms with Gasteiger partial charge in [0.2, 0.25) is 0 Å². The smallest absolute Gasteiger partial charge is 0.165 e. The van der Waals surface area contributed by atoms with E-state index in [-0.39, 0.29) is 11.7 Å². The Morgan fingerprint density at radius 1 is 1.00 bits per heavy atom. The molecule has 0 amide bonds. The maximum atomic E-state index is 13.5. The van der Waals surface area contributed by atoms with Gasteiger partial charge in [-0.15, -0.1) is 0 Å². The van der Waals surface area contributed by atoms with Gasteiger partial charge in [0, 0.05) is 24.6 Å². The Bertz CT molecular complexity index is 927. The van der Waals surface area contributed by atoms with Gasteiger partial charge in [0.15, 0.2) is 11.6 Å². The molecule has 4 heteroatoms. The Balaban J connectivity index is 1.48. The molecule has 1 aliphatic rings. The monoisotopic (exact) mass is 351 g/mol. The minimum atomic E-state index is -0.603. The first kappa shape index (κ1) is 17.0. The number of halogens is 1. The predicted octanol–water partition coefficient (Wildman–Crippen LogP) is 4.03. The van der Waals surface area contributed by atoms with Crippen LogP contribution in [0.1, 0.15) is 23.5 Å². The zero-order valence-electron chi connectivity index (χ0n) is 14.5. The summed E-state index contributed by atoms with van der Waals surface area (Å²) in [6.07, 6.45) is 0.343. The van der Waals surface area contributed by atoms with Crippen LogP contribution in [0.2, 0.25) is 0 Å². The van der Waals surface area contributed by atoms with Gasteiger partial charge >= 0.3 is 0 Å². The van der Waals surface area contributed by atoms with Gasteiger partial charge in [-0.05, 0) is 35.4 Å². The molecule has 0 aliphatic carbocycles. The first-order valence-corrected chi connectivity index (χ1v) is 8.97. The van der Waals surface area contributed by atoms with Crippen LogP contribution in [0.25, 0.3) is 10.8 Å². The molecule has 0 bridgehead atoms. The summed E-state index contributed by atoms with van der Waals surface area (Å²) < 4.78 is 13.5. The summed E-state index contributed by atoms with van der Waals surface area (Å²) in [5, 5.41) is 22.9. The number of nitrogens with zero attached hydrogens (tertiary/aromatic N) is 1. The van der Waals surface area contributed by atoms with Gasteiger partial charge in [-0.2, -0.15) is 0 Å². The molecule has 0 radical (unpaired) electrons. The maximum absolute atomic E-state index is 13.5. The lowest BCUT2D eigenvalue weighted by molar-refractivity contribution is 0.0473. The van der Waals surface area contributed by atoms with E-state index in [0.717, 1.165) is 18.5 Å². The number of likely N-dealkylation sites (tertiary alicyclic amines) is 1. The topological polar surface area (TPSA) is 43.7 Å². The molecule has 1 aliphatic heterocycles. The van der Waals surface area contributed by atoms with Crippen LogP contribution in [0.5, 0.6) is 5.75 Å². The van der Waals surface area contributed by atoms with Crippen LogP contribution in [-0.4, -0.2) is 34.3 Å². The fourth-order valence-electron chi connectivity index (χ4n) is 3.90. The van der Waals surface area contributed by atoms with Crippen molar-refractivity contribution in [1.29, 1.82) is 0 Å². The molecule has 0 unspecified atom stereocenters. The third-order valence-corrected chi connectivity index (χ3v) is 5.33. The van der Waals surface area contributed by atoms with E-state index in [0.29, 0.717) is 18.7 Å². The number of piperidine rings is 1. The normalized spacial score (nSPS) is 21.2. The molecule has 0 aromatic heterocycles. The van der Waals surface area contributed by atoms with Crippen LogP contribution in [0, 0.1) is 5.82 Å². The van der Waals surface area contributed by atoms with Gasteiger partial charge < -0.3 is 10.2 Å². The Morgan fingerprint density at radius 3 is 2.62 bits per heavy atom. The Kier molecular flexibility index (Phi) is 4.62. The fraction of sp³-hybridized carbons (Fsp3) is 0.273. The number of phenolic OH excluding ortho intramolecular Hbond substituents is 1. The largest absolute Gasteiger partial charge is 0.505 e. The molecular weight excluding hydrogens is 329 g/mol. The summed E-state index contributed by atoms with van der Waals surface area (Å²) in [6, 6.07) is 19.2. The van der Waals surface area contributed by atoms with Crippen molar-refractivity contribution in [3.05, 3.63) is 77.6 Å². The summed E-state index contributed by atoms with van der Waals surface area (Å²) in [5.74, 6) is -0.801. The Morgan fingerprint density at radius 2 is 1.81 bits per heavy atom. The molecule has 1 heterocycles. The van der Waals surface area contributed by atoms with E-state index in [4.69, 9.17) is 0 Å². The van der Waals surface area contributed by atoms with Crippen LogP contribution in [0.4, 0.5) is 4.39 Å². The van der Waals surface area contributed by atoms with Crippen LogP contribution in [-0.2, 0) is 6.54 Å². The minimum absolute atomic E-state index is 0.0944. The van der Waals surface area contributed by atoms with Gasteiger partial charge in [-0.25, -0.2) is 4.39 Å². The zero-order chi connectivity index (χ0) is 18.1. The molecule has 2 atom stereocenters. The van der Waals surface area contributed by atoms with E-state index in [1.165, 1.54) is 16.8 Å². The van der Waals surface area contributed by atoms with Crippen molar-refractivity contribution in [2.24, 2.45) is 0 Å². The van der Waals surface area contributed by atoms with E-state index >= 15 is 0 Å². The Labute approximate surface area is 152 Å². The van der Waals surface area contributed by atoms with Crippen molar-refractivity contribution in [2.75, 3.05) is 13.1 Å². The van der Waals surface area contributed by atoms with Crippen molar-refractivity contribution < 1.29 is 14.6 Å². The van der Waals surface area contributed by atoms with E-state index in [2.05, 4.69) is 35.2 Å². The molecular formula is C22H22FNO2. The number of β-amino-alcohol motifs (C(OH)–C–C–N with tert-alkyl or cyclic N) is 1. The predicted molar refractivity (Wildman–Crippen MR) is 101 cm³/mol. The third-order valence-electron chi connectivity index (χ3n) is 5.33. The van der Waals surface area contributed by atoms with Gasteiger partial charge in [0.1, 0.15) is 0 Å². The lowest BCUT2D eigenvalue weighted by Gasteiger charge is -2.36. The number of para-hydroxylation sites is 1. The van der Waals surface area contributed by atoms with Crippen LogP contribution in [0.15, 0.2) is 60.7 Å². The van der Waals surface area contributed by atoms with E-state index in [1.54, 1.807) is 12.1 Å². The fourth-order valence-corrected chi connectivity index (χ4v) is 3.90. The van der Waals surface area contributed by atoms with Crippen molar-refractivity contribution in [3.8, 4) is 5.75 Å². The number of hydrogen-bond donors (Lipinski definition) is 2. The summed E-state index contributed by atoms with van der Waals surface area (Å²) in [4.78, 5) is 2.07. The molecule has 3 aromatic rings. The summed E-state index contributed by atoms with van der Waals surface area (Å²) in [5.41, 5.74) is 1.71. The quantitative estimate of drug-likeness (QED) is 0.749. The van der Waals surface area contributed by atoms with Gasteiger partial charge in [-0.3, -0.25) is 4.90 Å². The first-order chi connectivity index (χ1) is 12.6. The molecule has 1 saturated heterocycles. The molecule has 26 heavy (non-hydrogen) atoms. The molecule has 0 spiro atoms. The first-order valence-electron chi connectivity index (χ1n) is 8.97. The van der Waals surface area contributed by atoms with Gasteiger partial charge in [-0.1, -0.05) is 54.6 Å². The van der Waals surface area contributed by atoms with Crippen LogP contribution in [0.3, 0.4) is 0 Å². The average molecular weight is 351 g/mol. The highest BCUT2D eigenvalue weighted by Crippen LogP contribution is 2.32. The number of aliphatic hydroxyl groups excluding tert-OH is 1. The number of fused-ring (bicyclic) bond motifs is 1. The molecule has 3 nitrogen and oxygen atoms in total. The number of aromatic hydroxyl groups is 1. The second-order valence-electron chi connectivity index (χ2n) is 7.05. The van der Waals surface area contributed by atoms with Crippen molar-refractivity contribution in [1.82, 2.24) is 4.90 Å². The number of hydrogen-bond acceptors (Lipinski definition) is 3. The second kappa shape index (κ2) is 7.06. The summed E-state index contributed by atoms with van der Waals surface area (Å²) >= 11 is 0. The molecule has 134 valence electrons. The van der Waals surface area contributed by atoms with Crippen molar-refractivity contribution in [3.63, 3.8) is 0 Å². The van der Waals surface area contributed by atoms with Crippen molar-refractivity contribution >= 4 is 10.8 Å². The molecule has 4 rings (SSSR count). The highest BCUT2D eigenvalue weighted by molar-refractivity contribution is 5.83. The maximum Gasteiger partial charge on any atom is 0.165 e. The molecule has 3 aromatic carbocycles. The van der Waals surface area contributed by atoms with E-state index in [1.807, 2.05) is 12.1 Å². The Hall–Kier alpha value is -2.43. The number of aliphatic hydroxyl groups is 1. The summed E-state index contributed by atoms with van der Waals surface area (Å²) in [6.45, 7) is 1.74.